The zero-order chi connectivity index (χ0) is 33.8. The number of fused-ring (bicyclic) bond motifs is 6. The molecule has 50 heavy (non-hydrogen) atoms. The Morgan fingerprint density at radius 1 is 0.540 bits per heavy atom. The third-order valence-corrected chi connectivity index (χ3v) is 9.30. The van der Waals surface area contributed by atoms with Crippen molar-refractivity contribution in [1.29, 1.82) is 5.26 Å². The number of pyridine rings is 1. The van der Waals surface area contributed by atoms with Crippen LogP contribution in [0, 0.1) is 11.3 Å². The van der Waals surface area contributed by atoms with Gasteiger partial charge >= 0.3 is 0 Å². The van der Waals surface area contributed by atoms with Gasteiger partial charge in [-0.05, 0) is 71.8 Å². The molecule has 1 aliphatic rings. The van der Waals surface area contributed by atoms with Crippen LogP contribution >= 0.6 is 0 Å². The Labute approximate surface area is 290 Å². The van der Waals surface area contributed by atoms with E-state index in [2.05, 4.69) is 89.5 Å². The van der Waals surface area contributed by atoms with E-state index in [0.717, 1.165) is 83.8 Å². The van der Waals surface area contributed by atoms with E-state index in [1.54, 1.807) is 0 Å². The molecular weight excluding hydrogens is 615 g/mol. The van der Waals surface area contributed by atoms with Crippen molar-refractivity contribution < 1.29 is 9.47 Å². The van der Waals surface area contributed by atoms with Crippen LogP contribution in [-0.4, -0.2) is 15.3 Å². The highest BCUT2D eigenvalue weighted by molar-refractivity contribution is 6.09. The van der Waals surface area contributed by atoms with Crippen molar-refractivity contribution in [3.63, 3.8) is 0 Å². The van der Waals surface area contributed by atoms with Crippen molar-refractivity contribution in [2.24, 2.45) is 0 Å². The number of hydrogen-bond acceptors (Lipinski definition) is 4. The summed E-state index contributed by atoms with van der Waals surface area (Å²) in [6, 6.07) is 54.1. The van der Waals surface area contributed by atoms with Crippen molar-refractivity contribution in [3.05, 3.63) is 157 Å². The Kier molecular flexibility index (Phi) is 6.79. The highest BCUT2D eigenvalue weighted by Crippen LogP contribution is 2.46. The SMILES string of the molecule is CC1(C)Oc2cc(-n3c4ccccc4c4cc(C#N)ccc43)ccc2-c2cc(-c3cc(-c4ccccc4)nc(-c4ccccc4)c3)ccc2O1. The van der Waals surface area contributed by atoms with Gasteiger partial charge in [0.05, 0.1) is 34.1 Å². The fraction of sp³-hybridized carbons (Fsp3) is 0.0667. The molecule has 0 N–H and O–H groups in total. The number of benzene rings is 6. The summed E-state index contributed by atoms with van der Waals surface area (Å²) >= 11 is 0. The van der Waals surface area contributed by atoms with Crippen LogP contribution in [0.2, 0.25) is 0 Å². The van der Waals surface area contributed by atoms with E-state index in [-0.39, 0.29) is 0 Å². The van der Waals surface area contributed by atoms with Gasteiger partial charge in [-0.15, -0.1) is 0 Å². The van der Waals surface area contributed by atoms with Crippen molar-refractivity contribution in [1.82, 2.24) is 9.55 Å². The number of nitrogens with zero attached hydrogens (tertiary/aromatic N) is 3. The molecule has 238 valence electrons. The quantitative estimate of drug-likeness (QED) is 0.191. The predicted molar refractivity (Wildman–Crippen MR) is 200 cm³/mol. The van der Waals surface area contributed by atoms with E-state index in [0.29, 0.717) is 5.56 Å². The molecule has 0 saturated carbocycles. The summed E-state index contributed by atoms with van der Waals surface area (Å²) in [6.45, 7) is 3.88. The first-order valence-electron chi connectivity index (χ1n) is 16.7. The van der Waals surface area contributed by atoms with Gasteiger partial charge in [-0.2, -0.15) is 5.26 Å². The average Bonchev–Trinajstić information content (AvgIpc) is 3.43. The number of para-hydroxylation sites is 1. The smallest absolute Gasteiger partial charge is 0.245 e. The molecule has 1 aliphatic heterocycles. The molecular formula is C45H31N3O2. The molecule has 0 bridgehead atoms. The first kappa shape index (κ1) is 29.5. The second kappa shape index (κ2) is 11.5. The summed E-state index contributed by atoms with van der Waals surface area (Å²) < 4.78 is 15.4. The molecule has 8 aromatic rings. The second-order valence-corrected chi connectivity index (χ2v) is 13.0. The van der Waals surface area contributed by atoms with Crippen LogP contribution < -0.4 is 9.47 Å². The van der Waals surface area contributed by atoms with Crippen molar-refractivity contribution in [3.8, 4) is 68.0 Å². The minimum atomic E-state index is -0.916. The summed E-state index contributed by atoms with van der Waals surface area (Å²) in [5, 5.41) is 11.7. The van der Waals surface area contributed by atoms with E-state index >= 15 is 0 Å². The fourth-order valence-electron chi connectivity index (χ4n) is 7.05. The summed E-state index contributed by atoms with van der Waals surface area (Å²) in [5.74, 6) is 0.569. The molecule has 9 rings (SSSR count). The van der Waals surface area contributed by atoms with Gasteiger partial charge in [-0.25, -0.2) is 4.98 Å². The van der Waals surface area contributed by atoms with Gasteiger partial charge in [0.2, 0.25) is 5.79 Å². The topological polar surface area (TPSA) is 60.1 Å². The molecule has 6 aromatic carbocycles. The molecule has 0 spiro atoms. The van der Waals surface area contributed by atoms with Crippen LogP contribution in [0.3, 0.4) is 0 Å². The third kappa shape index (κ3) is 5.06. The normalized spacial score (nSPS) is 13.1. The van der Waals surface area contributed by atoms with E-state index < -0.39 is 5.79 Å². The number of rotatable bonds is 4. The zero-order valence-electron chi connectivity index (χ0n) is 27.6. The van der Waals surface area contributed by atoms with Gasteiger partial charge < -0.3 is 14.0 Å². The van der Waals surface area contributed by atoms with E-state index in [4.69, 9.17) is 14.5 Å². The van der Waals surface area contributed by atoms with Gasteiger partial charge in [0.15, 0.2) is 0 Å². The lowest BCUT2D eigenvalue weighted by atomic mass is 9.95. The van der Waals surface area contributed by atoms with Crippen molar-refractivity contribution in [2.45, 2.75) is 19.6 Å². The van der Waals surface area contributed by atoms with Crippen LogP contribution in [0.1, 0.15) is 19.4 Å². The van der Waals surface area contributed by atoms with Crippen molar-refractivity contribution in [2.75, 3.05) is 0 Å². The van der Waals surface area contributed by atoms with Gasteiger partial charge in [0.1, 0.15) is 11.5 Å². The number of ether oxygens (including phenoxy) is 2. The van der Waals surface area contributed by atoms with Crippen molar-refractivity contribution >= 4 is 21.8 Å². The van der Waals surface area contributed by atoms with Crippen LogP contribution in [0.25, 0.3) is 72.3 Å². The van der Waals surface area contributed by atoms with Gasteiger partial charge in [0, 0.05) is 58.6 Å². The van der Waals surface area contributed by atoms with Crippen LogP contribution in [0.15, 0.2) is 152 Å². The molecule has 0 amide bonds. The zero-order valence-corrected chi connectivity index (χ0v) is 27.6. The van der Waals surface area contributed by atoms with Crippen LogP contribution in [0.4, 0.5) is 0 Å². The first-order valence-corrected chi connectivity index (χ1v) is 16.7. The number of aromatic nitrogens is 2. The van der Waals surface area contributed by atoms with E-state index in [9.17, 15) is 5.26 Å². The fourth-order valence-corrected chi connectivity index (χ4v) is 7.05. The lowest BCUT2D eigenvalue weighted by Crippen LogP contribution is -2.34. The maximum absolute atomic E-state index is 9.62. The molecule has 0 unspecified atom stereocenters. The Balaban J connectivity index is 1.21. The Hall–Kier alpha value is -6.64. The number of nitriles is 1. The van der Waals surface area contributed by atoms with E-state index in [1.165, 1.54) is 0 Å². The monoisotopic (exact) mass is 645 g/mol. The average molecular weight is 646 g/mol. The molecule has 2 aromatic heterocycles. The Morgan fingerprint density at radius 2 is 1.20 bits per heavy atom. The lowest BCUT2D eigenvalue weighted by Gasteiger charge is -2.26. The maximum atomic E-state index is 9.62. The standard InChI is InChI=1S/C45H31N3O2/c1-45(2)49-43-22-18-32(33-25-39(30-11-5-3-6-12-30)47-40(26-33)31-13-7-4-8-14-31)24-38(43)36-20-19-34(27-44(36)50-45)48-41-16-10-9-15-35(41)37-23-29(28-46)17-21-42(37)48/h3-27H,1-2H3. The number of hydrogen-bond donors (Lipinski definition) is 0. The van der Waals surface area contributed by atoms with Crippen LogP contribution in [-0.2, 0) is 0 Å². The maximum Gasteiger partial charge on any atom is 0.245 e. The van der Waals surface area contributed by atoms with Gasteiger partial charge in [-0.3, -0.25) is 0 Å². The predicted octanol–water partition coefficient (Wildman–Crippen LogP) is 11.2. The molecule has 0 radical (unpaired) electrons. The second-order valence-electron chi connectivity index (χ2n) is 13.0. The molecule has 3 heterocycles. The van der Waals surface area contributed by atoms with Gasteiger partial charge in [-0.1, -0.05) is 84.9 Å². The molecule has 0 aliphatic carbocycles. The molecule has 0 saturated heterocycles. The molecule has 0 fully saturated rings. The summed E-state index contributed by atoms with van der Waals surface area (Å²) in [5.41, 5.74) is 11.6. The Morgan fingerprint density at radius 3 is 1.92 bits per heavy atom. The first-order chi connectivity index (χ1) is 24.4. The highest BCUT2D eigenvalue weighted by atomic mass is 16.7. The summed E-state index contributed by atoms with van der Waals surface area (Å²) in [7, 11) is 0. The minimum Gasteiger partial charge on any atom is -0.452 e. The third-order valence-electron chi connectivity index (χ3n) is 9.30. The van der Waals surface area contributed by atoms with E-state index in [1.807, 2.05) is 86.6 Å². The van der Waals surface area contributed by atoms with Crippen LogP contribution in [0.5, 0.6) is 11.5 Å². The minimum absolute atomic E-state index is 0.637. The Bertz CT molecular complexity index is 2580. The highest BCUT2D eigenvalue weighted by Gasteiger charge is 2.30. The molecule has 0 atom stereocenters. The van der Waals surface area contributed by atoms with Gasteiger partial charge in [0.25, 0.3) is 0 Å². The molecule has 5 heteroatoms. The summed E-state index contributed by atoms with van der Waals surface area (Å²) in [4.78, 5) is 5.08. The molecule has 5 nitrogen and oxygen atoms in total. The lowest BCUT2D eigenvalue weighted by molar-refractivity contribution is -0.0778. The summed E-state index contributed by atoms with van der Waals surface area (Å²) in [6.07, 6.45) is 0. The largest absolute Gasteiger partial charge is 0.452 e.